The van der Waals surface area contributed by atoms with Crippen LogP contribution in [0.2, 0.25) is 0 Å². The van der Waals surface area contributed by atoms with Crippen molar-refractivity contribution in [3.63, 3.8) is 0 Å². The Balaban J connectivity index is 1.40. The number of aromatic amines is 1. The minimum Gasteiger partial charge on any atom is -0.481 e. The van der Waals surface area contributed by atoms with Gasteiger partial charge in [-0.05, 0) is 96.6 Å². The van der Waals surface area contributed by atoms with Crippen molar-refractivity contribution in [2.24, 2.45) is 17.8 Å². The molecule has 0 radical (unpaired) electrons. The highest BCUT2D eigenvalue weighted by molar-refractivity contribution is 6.03. The molecule has 2 aromatic carbocycles. The van der Waals surface area contributed by atoms with Crippen molar-refractivity contribution in [3.8, 4) is 17.1 Å². The van der Waals surface area contributed by atoms with Crippen LogP contribution >= 0.6 is 0 Å². The van der Waals surface area contributed by atoms with E-state index in [1.54, 1.807) is 10.7 Å². The standard InChI is InChI=1S/C52H73N5O6/c1-10-12-13-14-15-16-17-18-19-20-21-44(50(60)54-27-26-45(58)59)62-43-25-24-41(52(7,8)11-2)32-40(43)31-39-30-38(23-22-35(39)4)48-55-49-46(42(53-9)33-57(49)56-48)51(61)63-47-36(5)28-34(3)29-37(47)6/h22-25,30,32-34,36-37,44,47H,10-21,26-29,31H2,1-8H3,(H,54,60)(H,55,56)(H,58,59). The number of carboxylic acids is 1. The van der Waals surface area contributed by atoms with E-state index in [1.165, 1.54) is 50.5 Å². The average Bonchev–Trinajstić information content (AvgIpc) is 3.81. The number of carbonyl (C=O) groups is 3. The highest BCUT2D eigenvalue weighted by Crippen LogP contribution is 2.38. The lowest BCUT2D eigenvalue weighted by atomic mass is 9.75. The summed E-state index contributed by atoms with van der Waals surface area (Å²) in [7, 11) is 0. The van der Waals surface area contributed by atoms with Crippen molar-refractivity contribution in [2.45, 2.75) is 176 Å². The predicted molar refractivity (Wildman–Crippen MR) is 251 cm³/mol. The van der Waals surface area contributed by atoms with Crippen LogP contribution in [0.15, 0.2) is 42.6 Å². The number of nitrogens with zero attached hydrogens (tertiary/aromatic N) is 3. The molecule has 3 unspecified atom stereocenters. The number of aliphatic carboxylic acids is 1. The lowest BCUT2D eigenvalue weighted by Crippen LogP contribution is -2.39. The Morgan fingerprint density at radius 2 is 1.62 bits per heavy atom. The lowest BCUT2D eigenvalue weighted by molar-refractivity contribution is -0.137. The minimum atomic E-state index is -0.964. The van der Waals surface area contributed by atoms with E-state index >= 15 is 0 Å². The molecule has 11 heteroatoms. The van der Waals surface area contributed by atoms with Crippen molar-refractivity contribution >= 4 is 29.2 Å². The Labute approximate surface area is 375 Å². The van der Waals surface area contributed by atoms with Crippen molar-refractivity contribution in [2.75, 3.05) is 6.54 Å². The molecule has 1 amide bonds. The van der Waals surface area contributed by atoms with Gasteiger partial charge in [-0.15, -0.1) is 0 Å². The number of aromatic nitrogens is 3. The number of rotatable bonds is 24. The van der Waals surface area contributed by atoms with Gasteiger partial charge in [0, 0.05) is 24.7 Å². The number of hydrogen-bond acceptors (Lipinski definition) is 6. The molecule has 1 saturated carbocycles. The number of fused-ring (bicyclic) bond motifs is 1. The maximum atomic E-state index is 13.8. The number of amides is 1. The maximum absolute atomic E-state index is 13.8. The van der Waals surface area contributed by atoms with Gasteiger partial charge in [-0.1, -0.05) is 131 Å². The van der Waals surface area contributed by atoms with Gasteiger partial charge in [0.05, 0.1) is 13.0 Å². The van der Waals surface area contributed by atoms with E-state index in [4.69, 9.17) is 21.0 Å². The quantitative estimate of drug-likeness (QED) is 0.0362. The first-order valence-electron chi connectivity index (χ1n) is 23.7. The van der Waals surface area contributed by atoms with E-state index in [-0.39, 0.29) is 53.5 Å². The fourth-order valence-electron chi connectivity index (χ4n) is 9.23. The van der Waals surface area contributed by atoms with Gasteiger partial charge in [-0.3, -0.25) is 19.2 Å². The topological polar surface area (TPSA) is 139 Å². The second-order valence-electron chi connectivity index (χ2n) is 19.1. The maximum Gasteiger partial charge on any atom is 0.331 e. The third kappa shape index (κ3) is 13.2. The van der Waals surface area contributed by atoms with Gasteiger partial charge >= 0.3 is 11.9 Å². The number of esters is 1. The molecule has 342 valence electrons. The molecule has 11 nitrogen and oxygen atoms in total. The van der Waals surface area contributed by atoms with Crippen LogP contribution in [0.3, 0.4) is 0 Å². The predicted octanol–water partition coefficient (Wildman–Crippen LogP) is 12.3. The number of H-pyrrole nitrogens is 1. The fraction of sp³-hybridized carbons (Fsp3) is 0.596. The number of unbranched alkanes of at least 4 members (excludes halogenated alkanes) is 9. The van der Waals surface area contributed by atoms with Gasteiger partial charge in [0.1, 0.15) is 17.4 Å². The molecule has 0 bridgehead atoms. The van der Waals surface area contributed by atoms with Gasteiger partial charge < -0.3 is 19.9 Å². The molecule has 1 aliphatic carbocycles. The van der Waals surface area contributed by atoms with Crippen LogP contribution < -0.4 is 10.1 Å². The van der Waals surface area contributed by atoms with Crippen LogP contribution in [-0.2, 0) is 26.2 Å². The Kier molecular flexibility index (Phi) is 17.9. The van der Waals surface area contributed by atoms with Crippen LogP contribution in [0, 0.1) is 31.2 Å². The normalized spacial score (nSPS) is 18.2. The first-order chi connectivity index (χ1) is 30.1. The van der Waals surface area contributed by atoms with Crippen molar-refractivity contribution in [1.29, 1.82) is 0 Å². The summed E-state index contributed by atoms with van der Waals surface area (Å²) in [6, 6.07) is 12.4. The molecule has 1 aliphatic rings. The second kappa shape index (κ2) is 23.0. The van der Waals surface area contributed by atoms with Crippen LogP contribution in [0.25, 0.3) is 21.9 Å². The Morgan fingerprint density at radius 1 is 0.952 bits per heavy atom. The van der Waals surface area contributed by atoms with Gasteiger partial charge in [-0.25, -0.2) is 14.6 Å². The van der Waals surface area contributed by atoms with Gasteiger partial charge in [0.25, 0.3) is 5.91 Å². The molecule has 63 heavy (non-hydrogen) atoms. The van der Waals surface area contributed by atoms with E-state index in [2.05, 4.69) is 94.9 Å². The van der Waals surface area contributed by atoms with Crippen molar-refractivity contribution < 1.29 is 29.0 Å². The SMILES string of the molecule is [C-]#[N+]c1cn2[nH]c(-c3ccc(C)c(Cc4cc(C(C)(C)CC)ccc4OC(CCCCCCCCCCCC)C(=O)NCCC(=O)O)c3)nc2c1C(=O)OC1C(C)CC(C)CC1C. The molecule has 3 atom stereocenters. The van der Waals surface area contributed by atoms with E-state index in [1.807, 2.05) is 12.1 Å². The summed E-state index contributed by atoms with van der Waals surface area (Å²) < 4.78 is 14.5. The average molecular weight is 864 g/mol. The minimum absolute atomic E-state index is 0.0384. The van der Waals surface area contributed by atoms with E-state index in [9.17, 15) is 19.5 Å². The Morgan fingerprint density at radius 3 is 2.25 bits per heavy atom. The molecule has 0 saturated heterocycles. The van der Waals surface area contributed by atoms with Crippen molar-refractivity contribution in [1.82, 2.24) is 19.9 Å². The summed E-state index contributed by atoms with van der Waals surface area (Å²) in [5.74, 6) is 0.408. The monoisotopic (exact) mass is 864 g/mol. The smallest absolute Gasteiger partial charge is 0.331 e. The van der Waals surface area contributed by atoms with E-state index in [0.29, 0.717) is 36.0 Å². The summed E-state index contributed by atoms with van der Waals surface area (Å²) in [4.78, 5) is 47.3. The third-order valence-corrected chi connectivity index (χ3v) is 13.4. The molecule has 4 aromatic rings. The molecular formula is C52H73N5O6. The number of ether oxygens (including phenoxy) is 2. The van der Waals surface area contributed by atoms with Crippen LogP contribution in [0.1, 0.15) is 177 Å². The van der Waals surface area contributed by atoms with Gasteiger partial charge in [-0.2, -0.15) is 0 Å². The second-order valence-corrected chi connectivity index (χ2v) is 19.1. The molecule has 2 aromatic heterocycles. The van der Waals surface area contributed by atoms with E-state index < -0.39 is 18.0 Å². The number of carbonyl (C=O) groups excluding carboxylic acids is 2. The zero-order valence-electron chi connectivity index (χ0n) is 39.3. The van der Waals surface area contributed by atoms with Crippen LogP contribution in [0.4, 0.5) is 5.69 Å². The fourth-order valence-corrected chi connectivity index (χ4v) is 9.23. The number of aryl methyl sites for hydroxylation is 1. The zero-order chi connectivity index (χ0) is 45.7. The van der Waals surface area contributed by atoms with Crippen LogP contribution in [0.5, 0.6) is 5.75 Å². The number of hydrogen-bond donors (Lipinski definition) is 3. The zero-order valence-corrected chi connectivity index (χ0v) is 39.3. The van der Waals surface area contributed by atoms with Crippen molar-refractivity contribution in [3.05, 3.63) is 81.8 Å². The molecule has 3 N–H and O–H groups in total. The molecule has 0 spiro atoms. The third-order valence-electron chi connectivity index (χ3n) is 13.4. The molecule has 0 aliphatic heterocycles. The van der Waals surface area contributed by atoms with E-state index in [0.717, 1.165) is 60.8 Å². The molecule has 2 heterocycles. The summed E-state index contributed by atoms with van der Waals surface area (Å²) in [5, 5.41) is 15.4. The molecule has 1 fully saturated rings. The Hall–Kier alpha value is -5.11. The number of nitrogens with one attached hydrogen (secondary N) is 2. The first kappa shape index (κ1) is 48.9. The van der Waals surface area contributed by atoms with Gasteiger partial charge in [0.2, 0.25) is 5.69 Å². The summed E-state index contributed by atoms with van der Waals surface area (Å²) in [6.07, 6.45) is 16.2. The highest BCUT2D eigenvalue weighted by atomic mass is 16.5. The highest BCUT2D eigenvalue weighted by Gasteiger charge is 2.36. The molecular weight excluding hydrogens is 791 g/mol. The first-order valence-corrected chi connectivity index (χ1v) is 23.7. The van der Waals surface area contributed by atoms with Crippen LogP contribution in [-0.4, -0.2) is 56.3 Å². The molecule has 5 rings (SSSR count). The van der Waals surface area contributed by atoms with Gasteiger partial charge in [0.15, 0.2) is 17.6 Å². The lowest BCUT2D eigenvalue weighted by Gasteiger charge is -2.37. The summed E-state index contributed by atoms with van der Waals surface area (Å²) in [6.45, 7) is 25.3. The number of carboxylic acid groups (broad SMARTS) is 1. The Bertz CT molecular complexity index is 2180. The number of benzene rings is 2. The largest absolute Gasteiger partial charge is 0.481 e. The summed E-state index contributed by atoms with van der Waals surface area (Å²) >= 11 is 0. The summed E-state index contributed by atoms with van der Waals surface area (Å²) in [5.41, 5.74) is 5.67.